The molecule has 0 aliphatic rings. The molecule has 1 amide bonds. The first-order chi connectivity index (χ1) is 11.5. The van der Waals surface area contributed by atoms with Gasteiger partial charge in [-0.05, 0) is 29.8 Å². The third-order valence-electron chi connectivity index (χ3n) is 3.11. The number of sulfonamides is 1. The molecule has 2 aromatic rings. The first-order valence-corrected chi connectivity index (χ1v) is 8.43. The first kappa shape index (κ1) is 17.6. The zero-order valence-corrected chi connectivity index (χ0v) is 13.4. The zero-order valence-electron chi connectivity index (χ0n) is 12.6. The van der Waals surface area contributed by atoms with Crippen LogP contribution in [0.5, 0.6) is 0 Å². The van der Waals surface area contributed by atoms with Crippen molar-refractivity contribution in [3.8, 4) is 6.07 Å². The van der Waals surface area contributed by atoms with Crippen LogP contribution in [0.25, 0.3) is 0 Å². The minimum atomic E-state index is -3.98. The van der Waals surface area contributed by atoms with Crippen molar-refractivity contribution in [3.63, 3.8) is 0 Å². The molecule has 0 aromatic heterocycles. The molecule has 0 aliphatic carbocycles. The number of carbonyl (C=O) groups is 1. The van der Waals surface area contributed by atoms with Gasteiger partial charge < -0.3 is 10.4 Å². The Bertz CT molecular complexity index is 888. The molecule has 0 atom stereocenters. The first-order valence-electron chi connectivity index (χ1n) is 6.94. The normalized spacial score (nSPS) is 10.8. The van der Waals surface area contributed by atoms with Crippen LogP contribution in [-0.2, 0) is 21.4 Å². The van der Waals surface area contributed by atoms with Crippen LogP contribution >= 0.6 is 0 Å². The number of rotatable bonds is 6. The summed E-state index contributed by atoms with van der Waals surface area (Å²) in [6.07, 6.45) is 0. The molecule has 124 valence electrons. The molecule has 0 spiro atoms. The molecule has 0 bridgehead atoms. The largest absolute Gasteiger partial charge is 0.392 e. The Morgan fingerprint density at radius 3 is 2.62 bits per heavy atom. The average Bonchev–Trinajstić information content (AvgIpc) is 2.60. The van der Waals surface area contributed by atoms with E-state index in [0.717, 1.165) is 0 Å². The molecule has 0 saturated heterocycles. The standard InChI is InChI=1S/C16H15N3O4S/c17-9-13-5-1-2-7-15(13)24(22,23)18-10-16(21)19-14-6-3-4-12(8-14)11-20/h1-8,18,20H,10-11H2,(H,19,21). The summed E-state index contributed by atoms with van der Waals surface area (Å²) in [4.78, 5) is 11.7. The second kappa shape index (κ2) is 7.70. The summed E-state index contributed by atoms with van der Waals surface area (Å²) in [5.41, 5.74) is 1.07. The predicted molar refractivity (Wildman–Crippen MR) is 87.3 cm³/mol. The Labute approximate surface area is 139 Å². The molecule has 0 heterocycles. The SMILES string of the molecule is N#Cc1ccccc1S(=O)(=O)NCC(=O)Nc1cccc(CO)c1. The van der Waals surface area contributed by atoms with Crippen molar-refractivity contribution in [1.29, 1.82) is 5.26 Å². The van der Waals surface area contributed by atoms with Crippen LogP contribution in [-0.4, -0.2) is 26.0 Å². The van der Waals surface area contributed by atoms with Crippen LogP contribution in [0, 0.1) is 11.3 Å². The molecule has 2 rings (SSSR count). The van der Waals surface area contributed by atoms with Gasteiger partial charge in [0, 0.05) is 5.69 Å². The van der Waals surface area contributed by atoms with E-state index in [4.69, 9.17) is 10.4 Å². The Hall–Kier alpha value is -2.73. The van der Waals surface area contributed by atoms with E-state index in [1.165, 1.54) is 18.2 Å². The van der Waals surface area contributed by atoms with E-state index in [1.807, 2.05) is 0 Å². The van der Waals surface area contributed by atoms with E-state index in [2.05, 4.69) is 10.0 Å². The number of nitrogens with zero attached hydrogens (tertiary/aromatic N) is 1. The van der Waals surface area contributed by atoms with Crippen LogP contribution in [0.2, 0.25) is 0 Å². The maximum Gasteiger partial charge on any atom is 0.242 e. The van der Waals surface area contributed by atoms with Crippen molar-refractivity contribution in [1.82, 2.24) is 4.72 Å². The summed E-state index contributed by atoms with van der Waals surface area (Å²) in [6, 6.07) is 14.1. The van der Waals surface area contributed by atoms with E-state index in [0.29, 0.717) is 11.3 Å². The van der Waals surface area contributed by atoms with Crippen LogP contribution < -0.4 is 10.0 Å². The number of benzene rings is 2. The van der Waals surface area contributed by atoms with Gasteiger partial charge in [-0.3, -0.25) is 4.79 Å². The molecule has 0 fully saturated rings. The maximum atomic E-state index is 12.2. The van der Waals surface area contributed by atoms with Crippen molar-refractivity contribution >= 4 is 21.6 Å². The lowest BCUT2D eigenvalue weighted by Gasteiger charge is -2.09. The predicted octanol–water partition coefficient (Wildman–Crippen LogP) is 0.968. The van der Waals surface area contributed by atoms with Gasteiger partial charge in [-0.1, -0.05) is 24.3 Å². The van der Waals surface area contributed by atoms with E-state index in [-0.39, 0.29) is 17.1 Å². The number of amides is 1. The number of aliphatic hydroxyl groups excluding tert-OH is 1. The van der Waals surface area contributed by atoms with Gasteiger partial charge in [-0.2, -0.15) is 5.26 Å². The number of carbonyl (C=O) groups excluding carboxylic acids is 1. The lowest BCUT2D eigenvalue weighted by molar-refractivity contribution is -0.115. The summed E-state index contributed by atoms with van der Waals surface area (Å²) in [5, 5.41) is 20.5. The van der Waals surface area contributed by atoms with Crippen LogP contribution in [0.15, 0.2) is 53.4 Å². The quantitative estimate of drug-likeness (QED) is 0.720. The van der Waals surface area contributed by atoms with Gasteiger partial charge in [0.2, 0.25) is 15.9 Å². The maximum absolute atomic E-state index is 12.2. The van der Waals surface area contributed by atoms with Gasteiger partial charge in [0.15, 0.2) is 0 Å². The van der Waals surface area contributed by atoms with Gasteiger partial charge in [0.1, 0.15) is 6.07 Å². The van der Waals surface area contributed by atoms with Gasteiger partial charge in [0.25, 0.3) is 0 Å². The molecule has 0 saturated carbocycles. The highest BCUT2D eigenvalue weighted by Crippen LogP contribution is 2.14. The second-order valence-electron chi connectivity index (χ2n) is 4.84. The van der Waals surface area contributed by atoms with Gasteiger partial charge in [0.05, 0.1) is 23.6 Å². The summed E-state index contributed by atoms with van der Waals surface area (Å²) < 4.78 is 26.5. The van der Waals surface area contributed by atoms with Crippen molar-refractivity contribution in [2.45, 2.75) is 11.5 Å². The highest BCUT2D eigenvalue weighted by molar-refractivity contribution is 7.89. The molecule has 2 aromatic carbocycles. The Morgan fingerprint density at radius 2 is 1.92 bits per heavy atom. The fraction of sp³-hybridized carbons (Fsp3) is 0.125. The fourth-order valence-electron chi connectivity index (χ4n) is 1.98. The highest BCUT2D eigenvalue weighted by Gasteiger charge is 2.19. The van der Waals surface area contributed by atoms with Crippen LogP contribution in [0.3, 0.4) is 0 Å². The third-order valence-corrected chi connectivity index (χ3v) is 4.57. The number of nitriles is 1. The van der Waals surface area contributed by atoms with Gasteiger partial charge in [-0.25, -0.2) is 13.1 Å². The van der Waals surface area contributed by atoms with Crippen molar-refractivity contribution < 1.29 is 18.3 Å². The molecule has 8 heteroatoms. The molecule has 3 N–H and O–H groups in total. The monoisotopic (exact) mass is 345 g/mol. The molecular weight excluding hydrogens is 330 g/mol. The smallest absolute Gasteiger partial charge is 0.242 e. The lowest BCUT2D eigenvalue weighted by Crippen LogP contribution is -2.33. The van der Waals surface area contributed by atoms with Crippen LogP contribution in [0.4, 0.5) is 5.69 Å². The Kier molecular flexibility index (Phi) is 5.65. The van der Waals surface area contributed by atoms with E-state index >= 15 is 0 Å². The molecule has 0 aliphatic heterocycles. The number of aliphatic hydroxyl groups is 1. The molecule has 0 unspecified atom stereocenters. The minimum Gasteiger partial charge on any atom is -0.392 e. The Balaban J connectivity index is 2.04. The fourth-order valence-corrected chi connectivity index (χ4v) is 3.12. The number of hydrogen-bond acceptors (Lipinski definition) is 5. The molecular formula is C16H15N3O4S. The third kappa shape index (κ3) is 4.39. The molecule has 0 radical (unpaired) electrons. The van der Waals surface area contributed by atoms with Crippen molar-refractivity contribution in [3.05, 3.63) is 59.7 Å². The summed E-state index contributed by atoms with van der Waals surface area (Å²) >= 11 is 0. The van der Waals surface area contributed by atoms with Crippen LogP contribution in [0.1, 0.15) is 11.1 Å². The van der Waals surface area contributed by atoms with E-state index < -0.39 is 22.5 Å². The van der Waals surface area contributed by atoms with Crippen molar-refractivity contribution in [2.75, 3.05) is 11.9 Å². The van der Waals surface area contributed by atoms with E-state index in [1.54, 1.807) is 36.4 Å². The van der Waals surface area contributed by atoms with Gasteiger partial charge in [-0.15, -0.1) is 0 Å². The molecule has 7 nitrogen and oxygen atoms in total. The number of nitrogens with one attached hydrogen (secondary N) is 2. The average molecular weight is 345 g/mol. The lowest BCUT2D eigenvalue weighted by atomic mass is 10.2. The second-order valence-corrected chi connectivity index (χ2v) is 6.57. The minimum absolute atomic E-state index is 0.000977. The zero-order chi connectivity index (χ0) is 17.6. The number of hydrogen-bond donors (Lipinski definition) is 3. The topological polar surface area (TPSA) is 119 Å². The van der Waals surface area contributed by atoms with E-state index in [9.17, 15) is 13.2 Å². The Morgan fingerprint density at radius 1 is 1.17 bits per heavy atom. The van der Waals surface area contributed by atoms with Crippen molar-refractivity contribution in [2.24, 2.45) is 0 Å². The summed E-state index contributed by atoms with van der Waals surface area (Å²) in [7, 11) is -3.98. The highest BCUT2D eigenvalue weighted by atomic mass is 32.2. The summed E-state index contributed by atoms with van der Waals surface area (Å²) in [5.74, 6) is -0.567. The summed E-state index contributed by atoms with van der Waals surface area (Å²) in [6.45, 7) is -0.646. The number of anilines is 1. The van der Waals surface area contributed by atoms with Gasteiger partial charge >= 0.3 is 0 Å². The molecule has 24 heavy (non-hydrogen) atoms.